The van der Waals surface area contributed by atoms with Gasteiger partial charge in [-0.05, 0) is 25.8 Å². The molecule has 0 aliphatic carbocycles. The van der Waals surface area contributed by atoms with E-state index in [1.807, 2.05) is 40.7 Å². The molecule has 2 amide bonds. The molecule has 1 atom stereocenters. The molecular formula is C19H28N2O4. The molecule has 0 spiro atoms. The van der Waals surface area contributed by atoms with E-state index in [2.05, 4.69) is 10.6 Å². The first-order chi connectivity index (χ1) is 11.5. The smallest absolute Gasteiger partial charge is 0.330 e. The number of carbonyl (C=O) groups excluding carboxylic acids is 2. The van der Waals surface area contributed by atoms with E-state index in [0.29, 0.717) is 18.5 Å². The van der Waals surface area contributed by atoms with E-state index in [4.69, 9.17) is 0 Å². The van der Waals surface area contributed by atoms with Crippen molar-refractivity contribution in [3.63, 3.8) is 0 Å². The van der Waals surface area contributed by atoms with Gasteiger partial charge in [0.05, 0.1) is 0 Å². The first-order valence-corrected chi connectivity index (χ1v) is 8.39. The van der Waals surface area contributed by atoms with Crippen LogP contribution in [0, 0.1) is 19.3 Å². The zero-order valence-electron chi connectivity index (χ0n) is 15.6. The maximum absolute atomic E-state index is 12.1. The van der Waals surface area contributed by atoms with Crippen LogP contribution in [0.5, 0.6) is 0 Å². The zero-order chi connectivity index (χ0) is 19.2. The SMILES string of the molecule is Cc1cc(C)cc(C(NC(=O)CCCNC(=O)C(C)(C)C)C(=O)O)c1. The van der Waals surface area contributed by atoms with Crippen molar-refractivity contribution >= 4 is 17.8 Å². The van der Waals surface area contributed by atoms with Gasteiger partial charge in [0.1, 0.15) is 0 Å². The largest absolute Gasteiger partial charge is 0.479 e. The van der Waals surface area contributed by atoms with Crippen LogP contribution in [0.2, 0.25) is 0 Å². The number of hydrogen-bond acceptors (Lipinski definition) is 3. The number of amides is 2. The van der Waals surface area contributed by atoms with Crippen LogP contribution in [0.1, 0.15) is 56.3 Å². The second-order valence-electron chi connectivity index (χ2n) is 7.37. The Morgan fingerprint density at radius 3 is 2.12 bits per heavy atom. The van der Waals surface area contributed by atoms with Crippen molar-refractivity contribution in [3.05, 3.63) is 34.9 Å². The second-order valence-corrected chi connectivity index (χ2v) is 7.37. The molecule has 6 nitrogen and oxygen atoms in total. The summed E-state index contributed by atoms with van der Waals surface area (Å²) in [5, 5.41) is 14.7. The van der Waals surface area contributed by atoms with Crippen molar-refractivity contribution < 1.29 is 19.5 Å². The van der Waals surface area contributed by atoms with E-state index in [0.717, 1.165) is 11.1 Å². The Bertz CT molecular complexity index is 627. The first kappa shape index (κ1) is 20.7. The minimum Gasteiger partial charge on any atom is -0.479 e. The fourth-order valence-electron chi connectivity index (χ4n) is 2.41. The van der Waals surface area contributed by atoms with Gasteiger partial charge in [-0.3, -0.25) is 9.59 Å². The van der Waals surface area contributed by atoms with Gasteiger partial charge in [0.2, 0.25) is 11.8 Å². The van der Waals surface area contributed by atoms with Crippen molar-refractivity contribution in [2.45, 2.75) is 53.5 Å². The first-order valence-electron chi connectivity index (χ1n) is 8.39. The predicted octanol–water partition coefficient (Wildman–Crippen LogP) is 2.49. The molecule has 3 N–H and O–H groups in total. The number of benzene rings is 1. The second kappa shape index (κ2) is 8.65. The zero-order valence-corrected chi connectivity index (χ0v) is 15.6. The summed E-state index contributed by atoms with van der Waals surface area (Å²) in [6.45, 7) is 9.60. The van der Waals surface area contributed by atoms with Gasteiger partial charge in [-0.1, -0.05) is 50.1 Å². The number of rotatable bonds is 7. The third-order valence-corrected chi connectivity index (χ3v) is 3.68. The summed E-state index contributed by atoms with van der Waals surface area (Å²) in [7, 11) is 0. The fourth-order valence-corrected chi connectivity index (χ4v) is 2.41. The van der Waals surface area contributed by atoms with Crippen LogP contribution in [0.25, 0.3) is 0 Å². The van der Waals surface area contributed by atoms with Crippen molar-refractivity contribution in [2.75, 3.05) is 6.54 Å². The number of nitrogens with one attached hydrogen (secondary N) is 2. The minimum atomic E-state index is -1.10. The number of hydrogen-bond donors (Lipinski definition) is 3. The number of carboxylic acids is 1. The molecule has 1 aromatic rings. The van der Waals surface area contributed by atoms with E-state index >= 15 is 0 Å². The lowest BCUT2D eigenvalue weighted by molar-refractivity contribution is -0.142. The molecular weight excluding hydrogens is 320 g/mol. The van der Waals surface area contributed by atoms with Crippen LogP contribution in [0.4, 0.5) is 0 Å². The summed E-state index contributed by atoms with van der Waals surface area (Å²) in [5.41, 5.74) is 1.97. The Hall–Kier alpha value is -2.37. The van der Waals surface area contributed by atoms with Gasteiger partial charge in [-0.15, -0.1) is 0 Å². The molecule has 6 heteroatoms. The maximum Gasteiger partial charge on any atom is 0.330 e. The van der Waals surface area contributed by atoms with Gasteiger partial charge in [0.15, 0.2) is 6.04 Å². The molecule has 138 valence electrons. The highest BCUT2D eigenvalue weighted by Gasteiger charge is 2.23. The Morgan fingerprint density at radius 2 is 1.64 bits per heavy atom. The molecule has 0 aromatic heterocycles. The van der Waals surface area contributed by atoms with Gasteiger partial charge in [-0.25, -0.2) is 4.79 Å². The normalized spacial score (nSPS) is 12.4. The molecule has 25 heavy (non-hydrogen) atoms. The van der Waals surface area contributed by atoms with Crippen molar-refractivity contribution in [1.29, 1.82) is 0 Å². The standard InChI is InChI=1S/C19H28N2O4/c1-12-9-13(2)11-14(10-12)16(17(23)24)21-15(22)7-6-8-20-18(25)19(3,4)5/h9-11,16H,6-8H2,1-5H3,(H,20,25)(H,21,22)(H,23,24). The Kier molecular flexibility index (Phi) is 7.15. The lowest BCUT2D eigenvalue weighted by Gasteiger charge is -2.18. The van der Waals surface area contributed by atoms with Crippen molar-refractivity contribution in [3.8, 4) is 0 Å². The summed E-state index contributed by atoms with van der Waals surface area (Å²) >= 11 is 0. The molecule has 1 unspecified atom stereocenters. The summed E-state index contributed by atoms with van der Waals surface area (Å²) < 4.78 is 0. The quantitative estimate of drug-likeness (QED) is 0.660. The highest BCUT2D eigenvalue weighted by Crippen LogP contribution is 2.18. The van der Waals surface area contributed by atoms with Crippen LogP contribution >= 0.6 is 0 Å². The van der Waals surface area contributed by atoms with E-state index in [-0.39, 0.29) is 18.2 Å². The lowest BCUT2D eigenvalue weighted by Crippen LogP contribution is -2.36. The molecule has 0 aliphatic heterocycles. The third-order valence-electron chi connectivity index (χ3n) is 3.68. The fraction of sp³-hybridized carbons (Fsp3) is 0.526. The number of carboxylic acid groups (broad SMARTS) is 1. The van der Waals surface area contributed by atoms with E-state index in [9.17, 15) is 19.5 Å². The average Bonchev–Trinajstić information content (AvgIpc) is 2.46. The molecule has 0 radical (unpaired) electrons. The summed E-state index contributed by atoms with van der Waals surface area (Å²) in [6.07, 6.45) is 0.603. The van der Waals surface area contributed by atoms with Crippen LogP contribution < -0.4 is 10.6 Å². The van der Waals surface area contributed by atoms with Gasteiger partial charge in [0.25, 0.3) is 0 Å². The van der Waals surface area contributed by atoms with Gasteiger partial charge in [0, 0.05) is 18.4 Å². The Morgan fingerprint density at radius 1 is 1.08 bits per heavy atom. The predicted molar refractivity (Wildman–Crippen MR) is 96.1 cm³/mol. The summed E-state index contributed by atoms with van der Waals surface area (Å²) in [5.74, 6) is -1.53. The molecule has 0 saturated heterocycles. The molecule has 0 heterocycles. The Labute approximate surface area is 149 Å². The van der Waals surface area contributed by atoms with E-state index in [1.165, 1.54) is 0 Å². The van der Waals surface area contributed by atoms with Crippen LogP contribution in [0.15, 0.2) is 18.2 Å². The third kappa shape index (κ3) is 6.95. The highest BCUT2D eigenvalue weighted by atomic mass is 16.4. The number of carbonyl (C=O) groups is 3. The highest BCUT2D eigenvalue weighted by molar-refractivity contribution is 5.84. The molecule has 0 fully saturated rings. The maximum atomic E-state index is 12.1. The molecule has 1 rings (SSSR count). The lowest BCUT2D eigenvalue weighted by atomic mass is 9.96. The van der Waals surface area contributed by atoms with E-state index < -0.39 is 17.4 Å². The van der Waals surface area contributed by atoms with Gasteiger partial charge in [-0.2, -0.15) is 0 Å². The molecule has 1 aromatic carbocycles. The van der Waals surface area contributed by atoms with Gasteiger partial charge < -0.3 is 15.7 Å². The van der Waals surface area contributed by atoms with Crippen molar-refractivity contribution in [1.82, 2.24) is 10.6 Å². The molecule has 0 bridgehead atoms. The van der Waals surface area contributed by atoms with Crippen LogP contribution in [-0.4, -0.2) is 29.4 Å². The monoisotopic (exact) mass is 348 g/mol. The Balaban J connectivity index is 2.58. The summed E-state index contributed by atoms with van der Waals surface area (Å²) in [6, 6.07) is 4.39. The minimum absolute atomic E-state index is 0.0773. The van der Waals surface area contributed by atoms with Crippen LogP contribution in [0.3, 0.4) is 0 Å². The van der Waals surface area contributed by atoms with Gasteiger partial charge >= 0.3 is 5.97 Å². The average molecular weight is 348 g/mol. The molecule has 0 aliphatic rings. The van der Waals surface area contributed by atoms with Crippen molar-refractivity contribution in [2.24, 2.45) is 5.41 Å². The number of aryl methyl sites for hydroxylation is 2. The van der Waals surface area contributed by atoms with E-state index in [1.54, 1.807) is 12.1 Å². The summed E-state index contributed by atoms with van der Waals surface area (Å²) in [4.78, 5) is 35.3. The molecule has 0 saturated carbocycles. The topological polar surface area (TPSA) is 95.5 Å². The number of aliphatic carboxylic acids is 1. The van der Waals surface area contributed by atoms with Crippen LogP contribution in [-0.2, 0) is 14.4 Å².